The quantitative estimate of drug-likeness (QED) is 0.702. The SMILES string of the molecule is O=C(c1ccc(F)c(F)c1)C1C2CCCC21. The average Bonchev–Trinajstić information content (AvgIpc) is 2.74. The monoisotopic (exact) mass is 222 g/mol. The largest absolute Gasteiger partial charge is 0.294 e. The molecule has 1 nitrogen and oxygen atoms in total. The van der Waals surface area contributed by atoms with E-state index < -0.39 is 11.6 Å². The number of carbonyl (C=O) groups is 1. The first kappa shape index (κ1) is 9.94. The predicted octanol–water partition coefficient (Wildman–Crippen LogP) is 3.19. The molecule has 0 N–H and O–H groups in total. The molecule has 2 saturated carbocycles. The molecule has 0 aromatic heterocycles. The van der Waals surface area contributed by atoms with Crippen LogP contribution in [0, 0.1) is 29.4 Å². The minimum atomic E-state index is -0.934. The number of ketones is 1. The van der Waals surface area contributed by atoms with E-state index >= 15 is 0 Å². The second-order valence-electron chi connectivity index (χ2n) is 4.78. The van der Waals surface area contributed by atoms with Crippen molar-refractivity contribution >= 4 is 5.78 Å². The molecule has 2 unspecified atom stereocenters. The van der Waals surface area contributed by atoms with Gasteiger partial charge in [-0.2, -0.15) is 0 Å². The van der Waals surface area contributed by atoms with Crippen LogP contribution < -0.4 is 0 Å². The Balaban J connectivity index is 1.82. The lowest BCUT2D eigenvalue weighted by Crippen LogP contribution is -2.07. The van der Waals surface area contributed by atoms with Crippen molar-refractivity contribution in [1.82, 2.24) is 0 Å². The molecule has 2 atom stereocenters. The van der Waals surface area contributed by atoms with Crippen LogP contribution in [0.3, 0.4) is 0 Å². The fourth-order valence-electron chi connectivity index (χ4n) is 3.05. The molecule has 1 aromatic carbocycles. The number of halogens is 2. The maximum Gasteiger partial charge on any atom is 0.166 e. The first-order chi connectivity index (χ1) is 7.68. The molecule has 0 bridgehead atoms. The molecule has 0 saturated heterocycles. The van der Waals surface area contributed by atoms with Crippen molar-refractivity contribution in [2.24, 2.45) is 17.8 Å². The Morgan fingerprint density at radius 1 is 1.12 bits per heavy atom. The van der Waals surface area contributed by atoms with Crippen LogP contribution in [-0.4, -0.2) is 5.78 Å². The summed E-state index contributed by atoms with van der Waals surface area (Å²) >= 11 is 0. The fourth-order valence-corrected chi connectivity index (χ4v) is 3.05. The average molecular weight is 222 g/mol. The molecule has 0 radical (unpaired) electrons. The van der Waals surface area contributed by atoms with E-state index in [2.05, 4.69) is 0 Å². The number of hydrogen-bond acceptors (Lipinski definition) is 1. The molecule has 0 amide bonds. The molecule has 1 aromatic rings. The number of hydrogen-bond donors (Lipinski definition) is 0. The smallest absolute Gasteiger partial charge is 0.166 e. The van der Waals surface area contributed by atoms with Gasteiger partial charge in [-0.3, -0.25) is 4.79 Å². The zero-order valence-electron chi connectivity index (χ0n) is 8.75. The Morgan fingerprint density at radius 2 is 1.81 bits per heavy atom. The summed E-state index contributed by atoms with van der Waals surface area (Å²) in [6.45, 7) is 0. The van der Waals surface area contributed by atoms with Crippen LogP contribution in [0.4, 0.5) is 8.78 Å². The van der Waals surface area contributed by atoms with Crippen molar-refractivity contribution in [3.63, 3.8) is 0 Å². The van der Waals surface area contributed by atoms with Gasteiger partial charge in [0.1, 0.15) is 0 Å². The van der Waals surface area contributed by atoms with Gasteiger partial charge in [0, 0.05) is 11.5 Å². The van der Waals surface area contributed by atoms with Gasteiger partial charge >= 0.3 is 0 Å². The Kier molecular flexibility index (Phi) is 2.09. The summed E-state index contributed by atoms with van der Waals surface area (Å²) < 4.78 is 25.7. The summed E-state index contributed by atoms with van der Waals surface area (Å²) in [6.07, 6.45) is 3.44. The molecular formula is C13H12F2O. The Labute approximate surface area is 92.5 Å². The lowest BCUT2D eigenvalue weighted by Gasteiger charge is -2.03. The standard InChI is InChI=1S/C13H12F2O/c14-10-5-4-7(6-11(10)15)13(16)12-8-2-1-3-9(8)12/h4-6,8-9,12H,1-3H2. The summed E-state index contributed by atoms with van der Waals surface area (Å²) in [5, 5.41) is 0. The van der Waals surface area contributed by atoms with E-state index in [1.54, 1.807) is 0 Å². The van der Waals surface area contributed by atoms with Crippen LogP contribution >= 0.6 is 0 Å². The summed E-state index contributed by atoms with van der Waals surface area (Å²) in [7, 11) is 0. The van der Waals surface area contributed by atoms with Crippen LogP contribution in [0.2, 0.25) is 0 Å². The molecule has 3 heteroatoms. The lowest BCUT2D eigenvalue weighted by molar-refractivity contribution is 0.0951. The molecule has 84 valence electrons. The van der Waals surface area contributed by atoms with Crippen LogP contribution in [0.25, 0.3) is 0 Å². The molecular weight excluding hydrogens is 210 g/mol. The van der Waals surface area contributed by atoms with E-state index in [1.165, 1.54) is 12.5 Å². The molecule has 0 aliphatic heterocycles. The second kappa shape index (κ2) is 3.37. The van der Waals surface area contributed by atoms with Crippen LogP contribution in [0.15, 0.2) is 18.2 Å². The minimum absolute atomic E-state index is 0.00593. The normalized spacial score (nSPS) is 31.2. The molecule has 0 heterocycles. The lowest BCUT2D eigenvalue weighted by atomic mass is 10.0. The van der Waals surface area contributed by atoms with Crippen molar-refractivity contribution in [3.05, 3.63) is 35.4 Å². The highest BCUT2D eigenvalue weighted by atomic mass is 19.2. The molecule has 0 spiro atoms. The minimum Gasteiger partial charge on any atom is -0.294 e. The highest BCUT2D eigenvalue weighted by Crippen LogP contribution is 2.58. The van der Waals surface area contributed by atoms with Gasteiger partial charge < -0.3 is 0 Å². The van der Waals surface area contributed by atoms with E-state index in [-0.39, 0.29) is 11.7 Å². The zero-order valence-corrected chi connectivity index (χ0v) is 8.75. The van der Waals surface area contributed by atoms with E-state index in [0.29, 0.717) is 17.4 Å². The van der Waals surface area contributed by atoms with Crippen molar-refractivity contribution in [2.75, 3.05) is 0 Å². The number of benzene rings is 1. The van der Waals surface area contributed by atoms with Gasteiger partial charge in [-0.05, 0) is 42.9 Å². The summed E-state index contributed by atoms with van der Waals surface area (Å²) in [4.78, 5) is 12.0. The number of Topliss-reactive ketones (excluding diaryl/α,β-unsaturated/α-hetero) is 1. The fraction of sp³-hybridized carbons (Fsp3) is 0.462. The van der Waals surface area contributed by atoms with Gasteiger partial charge in [0.2, 0.25) is 0 Å². The summed E-state index contributed by atoms with van der Waals surface area (Å²) in [5.74, 6) is -0.724. The van der Waals surface area contributed by atoms with Crippen molar-refractivity contribution in [1.29, 1.82) is 0 Å². The number of carbonyl (C=O) groups excluding carboxylic acids is 1. The van der Waals surface area contributed by atoms with Gasteiger partial charge in [-0.15, -0.1) is 0 Å². The third kappa shape index (κ3) is 1.38. The van der Waals surface area contributed by atoms with E-state index in [1.807, 2.05) is 0 Å². The van der Waals surface area contributed by atoms with Gasteiger partial charge in [0.25, 0.3) is 0 Å². The van der Waals surface area contributed by atoms with Crippen LogP contribution in [-0.2, 0) is 0 Å². The Hall–Kier alpha value is -1.25. The van der Waals surface area contributed by atoms with Crippen molar-refractivity contribution in [3.8, 4) is 0 Å². The third-order valence-corrected chi connectivity index (χ3v) is 3.91. The van der Waals surface area contributed by atoms with Crippen molar-refractivity contribution in [2.45, 2.75) is 19.3 Å². The van der Waals surface area contributed by atoms with Gasteiger partial charge in [-0.1, -0.05) is 6.42 Å². The highest BCUT2D eigenvalue weighted by Gasteiger charge is 2.56. The Morgan fingerprint density at radius 3 is 2.44 bits per heavy atom. The summed E-state index contributed by atoms with van der Waals surface area (Å²) in [5.41, 5.74) is 0.318. The second-order valence-corrected chi connectivity index (χ2v) is 4.78. The number of rotatable bonds is 2. The van der Waals surface area contributed by atoms with E-state index in [0.717, 1.165) is 25.0 Å². The van der Waals surface area contributed by atoms with E-state index in [9.17, 15) is 13.6 Å². The van der Waals surface area contributed by atoms with E-state index in [4.69, 9.17) is 0 Å². The molecule has 3 rings (SSSR count). The molecule has 16 heavy (non-hydrogen) atoms. The van der Waals surface area contributed by atoms with Gasteiger partial charge in [0.05, 0.1) is 0 Å². The first-order valence-corrected chi connectivity index (χ1v) is 5.68. The molecule has 2 aliphatic rings. The summed E-state index contributed by atoms with van der Waals surface area (Å²) in [6, 6.07) is 3.43. The molecule has 2 aliphatic carbocycles. The predicted molar refractivity (Wildman–Crippen MR) is 55.0 cm³/mol. The van der Waals surface area contributed by atoms with Gasteiger partial charge in [0.15, 0.2) is 17.4 Å². The van der Waals surface area contributed by atoms with Crippen LogP contribution in [0.5, 0.6) is 0 Å². The maximum absolute atomic E-state index is 13.0. The zero-order chi connectivity index (χ0) is 11.3. The first-order valence-electron chi connectivity index (χ1n) is 5.68. The topological polar surface area (TPSA) is 17.1 Å². The van der Waals surface area contributed by atoms with Crippen LogP contribution in [0.1, 0.15) is 29.6 Å². The van der Waals surface area contributed by atoms with Gasteiger partial charge in [-0.25, -0.2) is 8.78 Å². The number of fused-ring (bicyclic) bond motifs is 1. The van der Waals surface area contributed by atoms with Crippen molar-refractivity contribution < 1.29 is 13.6 Å². The third-order valence-electron chi connectivity index (χ3n) is 3.91. The maximum atomic E-state index is 13.0. The highest BCUT2D eigenvalue weighted by molar-refractivity contribution is 6.00. The molecule has 2 fully saturated rings. The Bertz CT molecular complexity index is 445.